The largest absolute Gasteiger partial charge is 0.467 e. The molecule has 2 rings (SSSR count). The van der Waals surface area contributed by atoms with Gasteiger partial charge in [-0.3, -0.25) is 0 Å². The van der Waals surface area contributed by atoms with Crippen LogP contribution >= 0.6 is 0 Å². The summed E-state index contributed by atoms with van der Waals surface area (Å²) in [5, 5.41) is 8.77. The van der Waals surface area contributed by atoms with Gasteiger partial charge in [-0.05, 0) is 36.4 Å². The highest BCUT2D eigenvalue weighted by atomic mass is 16.3. The van der Waals surface area contributed by atoms with E-state index in [2.05, 4.69) is 6.07 Å². The van der Waals surface area contributed by atoms with Gasteiger partial charge in [0, 0.05) is 19.3 Å². The minimum atomic E-state index is -0.00654. The molecular weight excluding hydrogens is 226 g/mol. The number of furan rings is 1. The summed E-state index contributed by atoms with van der Waals surface area (Å²) in [5.41, 5.74) is 7.45. The van der Waals surface area contributed by atoms with Gasteiger partial charge in [0.15, 0.2) is 0 Å². The molecular formula is C14H15N3O. The molecule has 0 bridgehead atoms. The maximum absolute atomic E-state index is 8.77. The van der Waals surface area contributed by atoms with Crippen LogP contribution in [0.15, 0.2) is 47.1 Å². The summed E-state index contributed by atoms with van der Waals surface area (Å²) >= 11 is 0. The molecule has 18 heavy (non-hydrogen) atoms. The highest BCUT2D eigenvalue weighted by molar-refractivity contribution is 5.50. The second-order valence-electron chi connectivity index (χ2n) is 4.04. The molecule has 1 aromatic heterocycles. The maximum atomic E-state index is 8.77. The number of hydrogen-bond donors (Lipinski definition) is 1. The average molecular weight is 241 g/mol. The Morgan fingerprint density at radius 1 is 1.33 bits per heavy atom. The van der Waals surface area contributed by atoms with Crippen molar-refractivity contribution in [3.63, 3.8) is 0 Å². The molecule has 1 aromatic carbocycles. The highest BCUT2D eigenvalue weighted by Crippen LogP contribution is 2.25. The van der Waals surface area contributed by atoms with Gasteiger partial charge in [0.1, 0.15) is 5.76 Å². The third kappa shape index (κ3) is 2.36. The van der Waals surface area contributed by atoms with Crippen LogP contribution < -0.4 is 10.6 Å². The summed E-state index contributed by atoms with van der Waals surface area (Å²) in [6.45, 7) is 0.462. The molecule has 4 heteroatoms. The Kier molecular flexibility index (Phi) is 3.66. The monoisotopic (exact) mass is 241 g/mol. The number of anilines is 1. The number of hydrogen-bond acceptors (Lipinski definition) is 4. The highest BCUT2D eigenvalue weighted by Gasteiger charge is 2.18. The van der Waals surface area contributed by atoms with Crippen LogP contribution in [-0.2, 0) is 0 Å². The fraction of sp³-hybridized carbons (Fsp3) is 0.214. The molecule has 0 spiro atoms. The molecule has 0 radical (unpaired) electrons. The number of nitrogens with two attached hydrogens (primary N) is 1. The van der Waals surface area contributed by atoms with Crippen molar-refractivity contribution in [2.45, 2.75) is 6.04 Å². The van der Waals surface area contributed by atoms with Crippen LogP contribution in [-0.4, -0.2) is 13.6 Å². The van der Waals surface area contributed by atoms with Crippen molar-refractivity contribution >= 4 is 5.69 Å². The third-order valence-electron chi connectivity index (χ3n) is 2.97. The molecule has 92 valence electrons. The zero-order valence-corrected chi connectivity index (χ0v) is 10.2. The Morgan fingerprint density at radius 2 is 2.06 bits per heavy atom. The predicted molar refractivity (Wildman–Crippen MR) is 70.1 cm³/mol. The number of nitriles is 1. The van der Waals surface area contributed by atoms with Crippen molar-refractivity contribution in [3.05, 3.63) is 54.0 Å². The molecule has 0 fully saturated rings. The molecule has 4 nitrogen and oxygen atoms in total. The predicted octanol–water partition coefficient (Wildman–Crippen LogP) is 2.29. The van der Waals surface area contributed by atoms with Crippen LogP contribution in [0.25, 0.3) is 0 Å². The summed E-state index contributed by atoms with van der Waals surface area (Å²) in [5.74, 6) is 0.837. The van der Waals surface area contributed by atoms with E-state index in [-0.39, 0.29) is 6.04 Å². The van der Waals surface area contributed by atoms with Crippen molar-refractivity contribution < 1.29 is 4.42 Å². The molecule has 0 saturated carbocycles. The van der Waals surface area contributed by atoms with Crippen LogP contribution in [0.5, 0.6) is 0 Å². The number of nitrogens with zero attached hydrogens (tertiary/aromatic N) is 2. The molecule has 2 N–H and O–H groups in total. The molecule has 0 aliphatic rings. The van der Waals surface area contributed by atoms with Crippen LogP contribution in [0.1, 0.15) is 17.4 Å². The molecule has 0 aliphatic heterocycles. The topological polar surface area (TPSA) is 66.2 Å². The van der Waals surface area contributed by atoms with E-state index < -0.39 is 0 Å². The van der Waals surface area contributed by atoms with E-state index in [0.717, 1.165) is 11.4 Å². The fourth-order valence-corrected chi connectivity index (χ4v) is 1.90. The lowest BCUT2D eigenvalue weighted by molar-refractivity contribution is 0.460. The van der Waals surface area contributed by atoms with Crippen molar-refractivity contribution in [3.8, 4) is 6.07 Å². The molecule has 1 atom stereocenters. The minimum absolute atomic E-state index is 0.00654. The molecule has 0 amide bonds. The second kappa shape index (κ2) is 5.39. The SMILES string of the molecule is CN(c1ccc(C#N)cc1)C(CN)c1ccco1. The zero-order chi connectivity index (χ0) is 13.0. The van der Waals surface area contributed by atoms with Crippen molar-refractivity contribution in [2.24, 2.45) is 5.73 Å². The van der Waals surface area contributed by atoms with Gasteiger partial charge in [0.25, 0.3) is 0 Å². The van der Waals surface area contributed by atoms with Gasteiger partial charge in [-0.25, -0.2) is 0 Å². The van der Waals surface area contributed by atoms with Gasteiger partial charge in [-0.1, -0.05) is 0 Å². The van der Waals surface area contributed by atoms with E-state index >= 15 is 0 Å². The van der Waals surface area contributed by atoms with Gasteiger partial charge >= 0.3 is 0 Å². The molecule has 1 unspecified atom stereocenters. The van der Waals surface area contributed by atoms with E-state index in [1.54, 1.807) is 18.4 Å². The lowest BCUT2D eigenvalue weighted by Crippen LogP contribution is -2.30. The Hall–Kier alpha value is -2.25. The first kappa shape index (κ1) is 12.2. The van der Waals surface area contributed by atoms with Crippen LogP contribution in [0.2, 0.25) is 0 Å². The van der Waals surface area contributed by atoms with E-state index in [9.17, 15) is 0 Å². The smallest absolute Gasteiger partial charge is 0.127 e. The first-order chi connectivity index (χ1) is 8.76. The molecule has 2 aromatic rings. The zero-order valence-electron chi connectivity index (χ0n) is 10.2. The lowest BCUT2D eigenvalue weighted by atomic mass is 10.1. The van der Waals surface area contributed by atoms with E-state index in [1.165, 1.54) is 0 Å². The summed E-state index contributed by atoms with van der Waals surface area (Å²) in [6, 6.07) is 13.3. The van der Waals surface area contributed by atoms with Crippen molar-refractivity contribution in [1.29, 1.82) is 5.26 Å². The van der Waals surface area contributed by atoms with Gasteiger partial charge in [-0.15, -0.1) is 0 Å². The molecule has 0 saturated heterocycles. The number of likely N-dealkylation sites (N-methyl/N-ethyl adjacent to an activating group) is 1. The Bertz CT molecular complexity index is 525. The lowest BCUT2D eigenvalue weighted by Gasteiger charge is -2.27. The second-order valence-corrected chi connectivity index (χ2v) is 4.04. The fourth-order valence-electron chi connectivity index (χ4n) is 1.90. The quantitative estimate of drug-likeness (QED) is 0.891. The summed E-state index contributed by atoms with van der Waals surface area (Å²) in [6.07, 6.45) is 1.64. The Morgan fingerprint density at radius 3 is 2.56 bits per heavy atom. The van der Waals surface area contributed by atoms with Gasteiger partial charge < -0.3 is 15.1 Å². The number of benzene rings is 1. The van der Waals surface area contributed by atoms with Crippen molar-refractivity contribution in [2.75, 3.05) is 18.5 Å². The third-order valence-corrected chi connectivity index (χ3v) is 2.97. The molecule has 0 aliphatic carbocycles. The van der Waals surface area contributed by atoms with Crippen LogP contribution in [0.3, 0.4) is 0 Å². The van der Waals surface area contributed by atoms with E-state index in [1.807, 2.05) is 36.2 Å². The van der Waals surface area contributed by atoms with Gasteiger partial charge in [0.2, 0.25) is 0 Å². The average Bonchev–Trinajstić information content (AvgIpc) is 2.93. The normalized spacial score (nSPS) is 11.8. The van der Waals surface area contributed by atoms with Crippen molar-refractivity contribution in [1.82, 2.24) is 0 Å². The Labute approximate surface area is 106 Å². The first-order valence-corrected chi connectivity index (χ1v) is 5.72. The summed E-state index contributed by atoms with van der Waals surface area (Å²) < 4.78 is 5.40. The number of rotatable bonds is 4. The van der Waals surface area contributed by atoms with Gasteiger partial charge in [0.05, 0.1) is 23.9 Å². The Balaban J connectivity index is 2.23. The van der Waals surface area contributed by atoms with E-state index in [0.29, 0.717) is 12.1 Å². The molecule has 1 heterocycles. The summed E-state index contributed by atoms with van der Waals surface area (Å²) in [7, 11) is 1.96. The minimum Gasteiger partial charge on any atom is -0.467 e. The van der Waals surface area contributed by atoms with Crippen LogP contribution in [0.4, 0.5) is 5.69 Å². The van der Waals surface area contributed by atoms with Gasteiger partial charge in [-0.2, -0.15) is 5.26 Å². The maximum Gasteiger partial charge on any atom is 0.127 e. The van der Waals surface area contributed by atoms with E-state index in [4.69, 9.17) is 15.4 Å². The summed E-state index contributed by atoms with van der Waals surface area (Å²) in [4.78, 5) is 2.04. The van der Waals surface area contributed by atoms with Crippen LogP contribution in [0, 0.1) is 11.3 Å². The first-order valence-electron chi connectivity index (χ1n) is 5.72. The standard InChI is InChI=1S/C14H15N3O/c1-17(12-6-4-11(9-15)5-7-12)13(10-16)14-3-2-8-18-14/h2-8,13H,10,16H2,1H3.